The monoisotopic (exact) mass is 264 g/mol. The number of nitriles is 1. The van der Waals surface area contributed by atoms with Crippen molar-refractivity contribution in [1.29, 1.82) is 5.26 Å². The van der Waals surface area contributed by atoms with E-state index in [1.165, 1.54) is 5.39 Å². The smallest absolute Gasteiger partial charge is 0.0994 e. The van der Waals surface area contributed by atoms with Crippen LogP contribution in [0.3, 0.4) is 0 Å². The predicted octanol–water partition coefficient (Wildman–Crippen LogP) is 4.33. The van der Waals surface area contributed by atoms with E-state index < -0.39 is 0 Å². The number of hydrogen-bond donors (Lipinski definition) is 1. The lowest BCUT2D eigenvalue weighted by molar-refractivity contribution is 1.23. The maximum atomic E-state index is 9.06. The Morgan fingerprint density at radius 3 is 2.68 bits per heavy atom. The molecule has 3 rings (SSSR count). The van der Waals surface area contributed by atoms with Crippen molar-refractivity contribution in [3.05, 3.63) is 65.7 Å². The van der Waals surface area contributed by atoms with Gasteiger partial charge in [-0.15, -0.1) is 11.8 Å². The lowest BCUT2D eigenvalue weighted by Gasteiger charge is -2.01. The highest BCUT2D eigenvalue weighted by atomic mass is 32.2. The van der Waals surface area contributed by atoms with Crippen LogP contribution in [0.4, 0.5) is 0 Å². The number of nitrogens with zero attached hydrogens (tertiary/aromatic N) is 1. The number of para-hydroxylation sites is 1. The van der Waals surface area contributed by atoms with Crippen LogP contribution in [0.5, 0.6) is 0 Å². The Balaban J connectivity index is 1.81. The number of nitrogens with one attached hydrogen (secondary N) is 1. The number of rotatable bonds is 3. The van der Waals surface area contributed by atoms with Gasteiger partial charge in [0.15, 0.2) is 0 Å². The summed E-state index contributed by atoms with van der Waals surface area (Å²) < 4.78 is 0. The third kappa shape index (κ3) is 2.49. The number of aromatic amines is 1. The molecule has 0 atom stereocenters. The van der Waals surface area contributed by atoms with E-state index in [2.05, 4.69) is 29.3 Å². The first kappa shape index (κ1) is 11.9. The van der Waals surface area contributed by atoms with Crippen LogP contribution < -0.4 is 0 Å². The van der Waals surface area contributed by atoms with E-state index in [4.69, 9.17) is 5.26 Å². The highest BCUT2D eigenvalue weighted by molar-refractivity contribution is 7.98. The molecule has 1 heterocycles. The van der Waals surface area contributed by atoms with E-state index in [-0.39, 0.29) is 0 Å². The number of hydrogen-bond acceptors (Lipinski definition) is 2. The molecule has 3 aromatic rings. The number of H-pyrrole nitrogens is 1. The van der Waals surface area contributed by atoms with Crippen LogP contribution in [0.25, 0.3) is 10.9 Å². The Morgan fingerprint density at radius 1 is 1.05 bits per heavy atom. The predicted molar refractivity (Wildman–Crippen MR) is 79.0 cm³/mol. The molecule has 0 aliphatic carbocycles. The number of benzene rings is 2. The van der Waals surface area contributed by atoms with E-state index in [0.29, 0.717) is 0 Å². The number of thioether (sulfide) groups is 1. The van der Waals surface area contributed by atoms with E-state index in [0.717, 1.165) is 27.4 Å². The molecule has 0 fully saturated rings. The topological polar surface area (TPSA) is 39.6 Å². The maximum Gasteiger partial charge on any atom is 0.0994 e. The molecule has 0 bridgehead atoms. The first-order chi connectivity index (χ1) is 9.36. The van der Waals surface area contributed by atoms with Crippen molar-refractivity contribution in [2.75, 3.05) is 0 Å². The molecule has 0 radical (unpaired) electrons. The van der Waals surface area contributed by atoms with Crippen LogP contribution >= 0.6 is 11.8 Å². The van der Waals surface area contributed by atoms with Crippen molar-refractivity contribution in [1.82, 2.24) is 4.98 Å². The van der Waals surface area contributed by atoms with Gasteiger partial charge in [-0.2, -0.15) is 5.26 Å². The fourth-order valence-electron chi connectivity index (χ4n) is 2.04. The van der Waals surface area contributed by atoms with Gasteiger partial charge in [-0.25, -0.2) is 0 Å². The van der Waals surface area contributed by atoms with Crippen molar-refractivity contribution < 1.29 is 0 Å². The quantitative estimate of drug-likeness (QED) is 0.715. The summed E-state index contributed by atoms with van der Waals surface area (Å²) in [6, 6.07) is 20.4. The first-order valence-corrected chi connectivity index (χ1v) is 7.04. The molecule has 0 amide bonds. The molecule has 1 aromatic heterocycles. The van der Waals surface area contributed by atoms with Crippen molar-refractivity contribution in [3.8, 4) is 6.07 Å². The van der Waals surface area contributed by atoms with E-state index in [9.17, 15) is 0 Å². The molecule has 0 saturated carbocycles. The normalized spacial score (nSPS) is 10.5. The summed E-state index contributed by atoms with van der Waals surface area (Å²) in [6.45, 7) is 0. The van der Waals surface area contributed by atoms with Gasteiger partial charge < -0.3 is 4.98 Å². The van der Waals surface area contributed by atoms with Crippen molar-refractivity contribution in [2.45, 2.75) is 10.8 Å². The maximum absolute atomic E-state index is 9.06. The van der Waals surface area contributed by atoms with Crippen LogP contribution in [0, 0.1) is 11.3 Å². The summed E-state index contributed by atoms with van der Waals surface area (Å²) in [6.07, 6.45) is 0. The third-order valence-electron chi connectivity index (χ3n) is 3.03. The van der Waals surface area contributed by atoms with Gasteiger partial charge in [0.1, 0.15) is 0 Å². The fourth-order valence-corrected chi connectivity index (χ4v) is 2.99. The van der Waals surface area contributed by atoms with Crippen LogP contribution in [-0.4, -0.2) is 4.98 Å². The van der Waals surface area contributed by atoms with Gasteiger partial charge in [-0.3, -0.25) is 0 Å². The molecular formula is C16H12N2S. The van der Waals surface area contributed by atoms with Gasteiger partial charge in [0, 0.05) is 16.7 Å². The SMILES string of the molecule is N#Cc1ccccc1CSc1cc2ccccc2[nH]1. The van der Waals surface area contributed by atoms with Crippen LogP contribution in [0.15, 0.2) is 59.6 Å². The van der Waals surface area contributed by atoms with Gasteiger partial charge in [0.2, 0.25) is 0 Å². The zero-order valence-electron chi connectivity index (χ0n) is 10.3. The molecule has 0 saturated heterocycles. The molecule has 19 heavy (non-hydrogen) atoms. The molecule has 2 aromatic carbocycles. The molecule has 2 nitrogen and oxygen atoms in total. The largest absolute Gasteiger partial charge is 0.350 e. The standard InChI is InChI=1S/C16H12N2S/c17-10-13-6-1-2-7-14(13)11-19-16-9-12-5-3-4-8-15(12)18-16/h1-9,18H,11H2. The highest BCUT2D eigenvalue weighted by Gasteiger charge is 2.04. The van der Waals surface area contributed by atoms with Gasteiger partial charge >= 0.3 is 0 Å². The Morgan fingerprint density at radius 2 is 1.84 bits per heavy atom. The van der Waals surface area contributed by atoms with Gasteiger partial charge in [0.25, 0.3) is 0 Å². The van der Waals surface area contributed by atoms with Crippen molar-refractivity contribution >= 4 is 22.7 Å². The van der Waals surface area contributed by atoms with Crippen LogP contribution in [0.1, 0.15) is 11.1 Å². The van der Waals surface area contributed by atoms with Crippen molar-refractivity contribution in [2.24, 2.45) is 0 Å². The molecular weight excluding hydrogens is 252 g/mol. The molecule has 92 valence electrons. The third-order valence-corrected chi connectivity index (χ3v) is 4.01. The molecule has 1 N–H and O–H groups in total. The molecule has 0 aliphatic heterocycles. The summed E-state index contributed by atoms with van der Waals surface area (Å²) in [5, 5.41) is 11.4. The van der Waals surface area contributed by atoms with Gasteiger partial charge in [-0.1, -0.05) is 36.4 Å². The minimum Gasteiger partial charge on any atom is -0.350 e. The average Bonchev–Trinajstić information content (AvgIpc) is 2.88. The lowest BCUT2D eigenvalue weighted by Crippen LogP contribution is -1.86. The number of aromatic nitrogens is 1. The summed E-state index contributed by atoms with van der Waals surface area (Å²) in [5.74, 6) is 0.802. The highest BCUT2D eigenvalue weighted by Crippen LogP contribution is 2.26. The fraction of sp³-hybridized carbons (Fsp3) is 0.0625. The van der Waals surface area contributed by atoms with Crippen LogP contribution in [-0.2, 0) is 5.75 Å². The molecule has 0 aliphatic rings. The van der Waals surface area contributed by atoms with E-state index >= 15 is 0 Å². The average molecular weight is 264 g/mol. The Kier molecular flexibility index (Phi) is 3.26. The Hall–Kier alpha value is -2.18. The second-order valence-electron chi connectivity index (χ2n) is 4.28. The second-order valence-corrected chi connectivity index (χ2v) is 5.30. The summed E-state index contributed by atoms with van der Waals surface area (Å²) in [5.41, 5.74) is 2.98. The first-order valence-electron chi connectivity index (χ1n) is 6.05. The zero-order valence-corrected chi connectivity index (χ0v) is 11.1. The summed E-state index contributed by atoms with van der Waals surface area (Å²) in [7, 11) is 0. The van der Waals surface area contributed by atoms with Crippen LogP contribution in [0.2, 0.25) is 0 Å². The van der Waals surface area contributed by atoms with E-state index in [1.54, 1.807) is 11.8 Å². The Bertz CT molecular complexity index is 720. The molecule has 0 spiro atoms. The van der Waals surface area contributed by atoms with Crippen molar-refractivity contribution in [3.63, 3.8) is 0 Å². The van der Waals surface area contributed by atoms with Gasteiger partial charge in [-0.05, 0) is 23.8 Å². The van der Waals surface area contributed by atoms with Gasteiger partial charge in [0.05, 0.1) is 16.7 Å². The Labute approximate surface area is 116 Å². The molecule has 3 heteroatoms. The number of fused-ring (bicyclic) bond motifs is 1. The summed E-state index contributed by atoms with van der Waals surface area (Å²) in [4.78, 5) is 3.38. The lowest BCUT2D eigenvalue weighted by atomic mass is 10.1. The second kappa shape index (κ2) is 5.21. The summed E-state index contributed by atoms with van der Waals surface area (Å²) >= 11 is 1.72. The minimum atomic E-state index is 0.756. The molecule has 0 unspecified atom stereocenters. The minimum absolute atomic E-state index is 0.756. The van der Waals surface area contributed by atoms with E-state index in [1.807, 2.05) is 36.4 Å². The zero-order chi connectivity index (χ0) is 13.1.